The summed E-state index contributed by atoms with van der Waals surface area (Å²) in [6.07, 6.45) is 2.60. The maximum atomic E-state index is 13.7. The Hall–Kier alpha value is -2.62. The highest BCUT2D eigenvalue weighted by Gasteiger charge is 2.64. The zero-order chi connectivity index (χ0) is 23.1. The van der Waals surface area contributed by atoms with Crippen molar-refractivity contribution in [2.45, 2.75) is 69.9 Å². The van der Waals surface area contributed by atoms with Gasteiger partial charge in [0.05, 0.1) is 0 Å². The Bertz CT molecular complexity index is 1060. The highest BCUT2D eigenvalue weighted by Crippen LogP contribution is 2.66. The minimum Gasteiger partial charge on any atom is -0.351 e. The van der Waals surface area contributed by atoms with Crippen molar-refractivity contribution in [3.63, 3.8) is 0 Å². The number of nitrogens with one attached hydrogen (secondary N) is 2. The highest BCUT2D eigenvalue weighted by molar-refractivity contribution is 5.87. The first-order valence-electron chi connectivity index (χ1n) is 12.4. The number of fused-ring (bicyclic) bond motifs is 12. The number of amides is 2. The van der Waals surface area contributed by atoms with Gasteiger partial charge in [-0.05, 0) is 92.9 Å². The standard InChI is InChI=1S/C29H34N2O2/c1-28(2)14-16-9-5-7-11-18(16)22-20-13-21(24(22)26(32)30-28)25-23(20)19-12-8-6-10-17(19)15-29(3,4)31-27(25)33/h5-12,20-25H,13-15H2,1-4H3,(H,30,32)(H,31,33). The lowest BCUT2D eigenvalue weighted by Gasteiger charge is -2.46. The third kappa shape index (κ3) is 3.17. The van der Waals surface area contributed by atoms with Gasteiger partial charge in [0.1, 0.15) is 0 Å². The van der Waals surface area contributed by atoms with E-state index in [2.05, 4.69) is 86.9 Å². The number of carbonyl (C=O) groups is 2. The van der Waals surface area contributed by atoms with Crippen molar-refractivity contribution in [2.75, 3.05) is 0 Å². The first kappa shape index (κ1) is 20.9. The van der Waals surface area contributed by atoms with Gasteiger partial charge < -0.3 is 10.6 Å². The fourth-order valence-corrected chi connectivity index (χ4v) is 7.89. The van der Waals surface area contributed by atoms with Crippen molar-refractivity contribution < 1.29 is 9.59 Å². The summed E-state index contributed by atoms with van der Waals surface area (Å²) in [6.45, 7) is 8.44. The van der Waals surface area contributed by atoms with Gasteiger partial charge in [0.25, 0.3) is 0 Å². The van der Waals surface area contributed by atoms with Crippen LogP contribution < -0.4 is 10.6 Å². The number of rotatable bonds is 0. The number of benzene rings is 2. The summed E-state index contributed by atoms with van der Waals surface area (Å²) in [5.74, 6) is 0.643. The summed E-state index contributed by atoms with van der Waals surface area (Å²) in [4.78, 5) is 27.5. The molecule has 4 aliphatic rings. The van der Waals surface area contributed by atoms with E-state index < -0.39 is 0 Å². The average Bonchev–Trinajstić information content (AvgIpc) is 3.27. The van der Waals surface area contributed by atoms with E-state index >= 15 is 0 Å². The molecule has 2 aliphatic carbocycles. The molecular weight excluding hydrogens is 408 g/mol. The van der Waals surface area contributed by atoms with Gasteiger partial charge in [-0.25, -0.2) is 0 Å². The molecule has 4 atom stereocenters. The van der Waals surface area contributed by atoms with E-state index in [-0.39, 0.29) is 52.5 Å². The van der Waals surface area contributed by atoms with Crippen LogP contribution in [0.15, 0.2) is 48.5 Å². The summed E-state index contributed by atoms with van der Waals surface area (Å²) in [6, 6.07) is 17.4. The smallest absolute Gasteiger partial charge is 0.224 e. The molecule has 2 saturated carbocycles. The van der Waals surface area contributed by atoms with Crippen LogP contribution in [0, 0.1) is 23.7 Å². The molecule has 4 unspecified atom stereocenters. The van der Waals surface area contributed by atoms with Crippen molar-refractivity contribution in [2.24, 2.45) is 23.7 Å². The largest absolute Gasteiger partial charge is 0.351 e. The van der Waals surface area contributed by atoms with Crippen molar-refractivity contribution >= 4 is 11.8 Å². The van der Waals surface area contributed by atoms with E-state index in [4.69, 9.17) is 0 Å². The van der Waals surface area contributed by atoms with Crippen LogP contribution in [0.1, 0.15) is 68.2 Å². The van der Waals surface area contributed by atoms with Gasteiger partial charge in [0.15, 0.2) is 0 Å². The predicted octanol–water partition coefficient (Wildman–Crippen LogP) is 4.34. The molecule has 4 heteroatoms. The second-order valence-corrected chi connectivity index (χ2v) is 12.2. The maximum absolute atomic E-state index is 13.7. The van der Waals surface area contributed by atoms with E-state index in [1.165, 1.54) is 22.3 Å². The van der Waals surface area contributed by atoms with E-state index in [1.54, 1.807) is 0 Å². The van der Waals surface area contributed by atoms with Crippen LogP contribution in [0.4, 0.5) is 0 Å². The van der Waals surface area contributed by atoms with E-state index in [0.29, 0.717) is 5.92 Å². The van der Waals surface area contributed by atoms with Crippen LogP contribution in [0.25, 0.3) is 0 Å². The molecule has 2 aromatic rings. The fourth-order valence-electron chi connectivity index (χ4n) is 7.89. The molecule has 0 saturated heterocycles. The lowest BCUT2D eigenvalue weighted by atomic mass is 9.61. The van der Waals surface area contributed by atoms with E-state index in [1.807, 2.05) is 0 Å². The molecule has 33 heavy (non-hydrogen) atoms. The highest BCUT2D eigenvalue weighted by atomic mass is 16.2. The van der Waals surface area contributed by atoms with Gasteiger partial charge in [0, 0.05) is 22.9 Å². The van der Waals surface area contributed by atoms with Gasteiger partial charge in [0.2, 0.25) is 11.8 Å². The minimum atomic E-state index is -0.308. The van der Waals surface area contributed by atoms with E-state index in [9.17, 15) is 9.59 Å². The first-order valence-corrected chi connectivity index (χ1v) is 12.4. The average molecular weight is 443 g/mol. The summed E-state index contributed by atoms with van der Waals surface area (Å²) < 4.78 is 0. The van der Waals surface area contributed by atoms with Gasteiger partial charge in [-0.2, -0.15) is 0 Å². The molecule has 2 aromatic carbocycles. The third-order valence-electron chi connectivity index (χ3n) is 8.79. The summed E-state index contributed by atoms with van der Waals surface area (Å²) >= 11 is 0. The molecule has 6 rings (SSSR count). The van der Waals surface area contributed by atoms with Gasteiger partial charge in [-0.3, -0.25) is 9.59 Å². The minimum absolute atomic E-state index is 0.0638. The molecule has 172 valence electrons. The molecule has 2 fully saturated rings. The number of hydrogen-bond donors (Lipinski definition) is 2. The molecule has 2 N–H and O–H groups in total. The lowest BCUT2D eigenvalue weighted by Crippen LogP contribution is -2.56. The predicted molar refractivity (Wildman–Crippen MR) is 129 cm³/mol. The molecule has 2 aliphatic heterocycles. The van der Waals surface area contributed by atoms with Crippen molar-refractivity contribution in [3.05, 3.63) is 70.8 Å². The van der Waals surface area contributed by atoms with Crippen LogP contribution >= 0.6 is 0 Å². The summed E-state index contributed by atoms with van der Waals surface area (Å²) in [5, 5.41) is 6.72. The lowest BCUT2D eigenvalue weighted by molar-refractivity contribution is -0.135. The van der Waals surface area contributed by atoms with Crippen LogP contribution in [0.3, 0.4) is 0 Å². The molecular formula is C29H34N2O2. The number of carbonyl (C=O) groups excluding carboxylic acids is 2. The fraction of sp³-hybridized carbons (Fsp3) is 0.517. The van der Waals surface area contributed by atoms with Crippen LogP contribution in [-0.4, -0.2) is 22.9 Å². The van der Waals surface area contributed by atoms with Crippen molar-refractivity contribution in [1.29, 1.82) is 0 Å². The van der Waals surface area contributed by atoms with Crippen LogP contribution in [-0.2, 0) is 22.4 Å². The van der Waals surface area contributed by atoms with Gasteiger partial charge in [-0.1, -0.05) is 48.5 Å². The van der Waals surface area contributed by atoms with Crippen molar-refractivity contribution in [1.82, 2.24) is 10.6 Å². The normalized spacial score (nSPS) is 35.4. The Morgan fingerprint density at radius 1 is 0.636 bits per heavy atom. The van der Waals surface area contributed by atoms with E-state index in [0.717, 1.165) is 19.3 Å². The third-order valence-corrected chi connectivity index (χ3v) is 8.79. The molecule has 0 radical (unpaired) electrons. The zero-order valence-electron chi connectivity index (χ0n) is 20.0. The molecule has 2 amide bonds. The molecule has 2 heterocycles. The van der Waals surface area contributed by atoms with Crippen LogP contribution in [0.2, 0.25) is 0 Å². The summed E-state index contributed by atoms with van der Waals surface area (Å²) in [7, 11) is 0. The quantitative estimate of drug-likeness (QED) is 0.638. The Labute approximate surface area is 196 Å². The monoisotopic (exact) mass is 442 g/mol. The number of hydrogen-bond acceptors (Lipinski definition) is 2. The Balaban J connectivity index is 1.54. The second kappa shape index (κ2) is 6.94. The van der Waals surface area contributed by atoms with Gasteiger partial charge in [-0.15, -0.1) is 0 Å². The zero-order valence-corrected chi connectivity index (χ0v) is 20.0. The first-order chi connectivity index (χ1) is 15.7. The van der Waals surface area contributed by atoms with Crippen molar-refractivity contribution in [3.8, 4) is 0 Å². The SMILES string of the molecule is CC1(C)Cc2ccccc2C2C3CC(C2C(=O)N1)C1C(=O)NC(C)(C)Cc2ccccc2C31. The maximum Gasteiger partial charge on any atom is 0.224 e. The Morgan fingerprint density at radius 2 is 1.03 bits per heavy atom. The molecule has 4 nitrogen and oxygen atoms in total. The summed E-state index contributed by atoms with van der Waals surface area (Å²) in [5.41, 5.74) is 4.72. The molecule has 0 aromatic heterocycles. The second-order valence-electron chi connectivity index (χ2n) is 12.2. The Kier molecular flexibility index (Phi) is 4.41. The van der Waals surface area contributed by atoms with Crippen LogP contribution in [0.5, 0.6) is 0 Å². The molecule has 0 spiro atoms. The van der Waals surface area contributed by atoms with Gasteiger partial charge >= 0.3 is 0 Å². The Morgan fingerprint density at radius 3 is 1.48 bits per heavy atom. The molecule has 2 bridgehead atoms. The topological polar surface area (TPSA) is 58.2 Å².